The SMILES string of the molecule is C[C@@H]1O[C@@H](O[C@H]2[C@H](O[C@H]3[C@H](O[C@H]4CC[C@@]5(C)[C@@H](CC[C@]6(C)[C@@H]5CC=C5[C@@H]7CC(C)(C)C[C@@H](O)[C@]7(C)CC[C@]56C)[C@@]4(C)CO)OC[C@H](O)[C@@H]3O)O[C@H](CO)[C@H](O)[C@@H]2O)[C@H](O)[C@H](O)[C@H]1O. The van der Waals surface area contributed by atoms with Crippen molar-refractivity contribution in [2.24, 2.45) is 50.2 Å². The molecule has 7 fully saturated rings. The molecule has 10 N–H and O–H groups in total. The molecular weight excluding hydrogens is 821 g/mol. The molecule has 0 amide bonds. The van der Waals surface area contributed by atoms with Gasteiger partial charge in [-0.15, -0.1) is 0 Å². The van der Waals surface area contributed by atoms with Crippen molar-refractivity contribution in [1.82, 2.24) is 0 Å². The summed E-state index contributed by atoms with van der Waals surface area (Å²) in [6.07, 6.45) is -11.9. The molecule has 3 aliphatic heterocycles. The summed E-state index contributed by atoms with van der Waals surface area (Å²) in [4.78, 5) is 0. The van der Waals surface area contributed by atoms with Crippen LogP contribution in [0.5, 0.6) is 0 Å². The summed E-state index contributed by atoms with van der Waals surface area (Å²) in [6.45, 7) is 16.6. The van der Waals surface area contributed by atoms with Crippen LogP contribution in [-0.2, 0) is 28.4 Å². The van der Waals surface area contributed by atoms with Gasteiger partial charge in [0.25, 0.3) is 0 Å². The third-order valence-electron chi connectivity index (χ3n) is 19.1. The van der Waals surface area contributed by atoms with Gasteiger partial charge in [0.15, 0.2) is 18.9 Å². The highest BCUT2D eigenvalue weighted by Crippen LogP contribution is 2.76. The molecule has 0 bridgehead atoms. The van der Waals surface area contributed by atoms with Crippen LogP contribution in [0.1, 0.15) is 113 Å². The molecule has 0 aromatic carbocycles. The number of fused-ring (bicyclic) bond motifs is 7. The molecule has 0 spiro atoms. The van der Waals surface area contributed by atoms with E-state index in [2.05, 4.69) is 54.5 Å². The van der Waals surface area contributed by atoms with Crippen molar-refractivity contribution < 1.29 is 79.5 Å². The first-order valence-electron chi connectivity index (χ1n) is 23.7. The molecule has 24 atom stereocenters. The maximum atomic E-state index is 11.6. The van der Waals surface area contributed by atoms with Crippen LogP contribution in [-0.4, -0.2) is 169 Å². The lowest BCUT2D eigenvalue weighted by Gasteiger charge is -2.72. The Morgan fingerprint density at radius 1 is 0.651 bits per heavy atom. The van der Waals surface area contributed by atoms with Crippen molar-refractivity contribution in [3.05, 3.63) is 11.6 Å². The van der Waals surface area contributed by atoms with Crippen LogP contribution in [0, 0.1) is 50.2 Å². The van der Waals surface area contributed by atoms with E-state index in [1.807, 2.05) is 0 Å². The molecule has 0 aromatic heterocycles. The van der Waals surface area contributed by atoms with E-state index in [9.17, 15) is 51.1 Å². The number of rotatable bonds is 8. The minimum atomic E-state index is -1.81. The molecule has 0 unspecified atom stereocenters. The summed E-state index contributed by atoms with van der Waals surface area (Å²) in [5, 5.41) is 109. The molecule has 63 heavy (non-hydrogen) atoms. The van der Waals surface area contributed by atoms with Gasteiger partial charge >= 0.3 is 0 Å². The van der Waals surface area contributed by atoms with Crippen LogP contribution in [0.3, 0.4) is 0 Å². The van der Waals surface area contributed by atoms with Gasteiger partial charge in [0.2, 0.25) is 0 Å². The quantitative estimate of drug-likeness (QED) is 0.122. The molecule has 362 valence electrons. The first-order chi connectivity index (χ1) is 29.4. The van der Waals surface area contributed by atoms with Gasteiger partial charge in [0, 0.05) is 10.8 Å². The average molecular weight is 899 g/mol. The molecule has 0 aromatic rings. The van der Waals surface area contributed by atoms with Gasteiger partial charge in [-0.3, -0.25) is 0 Å². The van der Waals surface area contributed by atoms with Gasteiger partial charge in [-0.1, -0.05) is 60.1 Å². The second-order valence-electron chi connectivity index (χ2n) is 23.1. The van der Waals surface area contributed by atoms with E-state index < -0.39 is 104 Å². The Kier molecular flexibility index (Phi) is 13.1. The minimum Gasteiger partial charge on any atom is -0.396 e. The van der Waals surface area contributed by atoms with Gasteiger partial charge in [-0.2, -0.15) is 0 Å². The number of ether oxygens (including phenoxy) is 6. The number of hydrogen-bond donors (Lipinski definition) is 10. The van der Waals surface area contributed by atoms with Gasteiger partial charge in [-0.05, 0) is 104 Å². The number of allylic oxidation sites excluding steroid dienone is 2. The zero-order valence-corrected chi connectivity index (χ0v) is 38.5. The molecule has 16 heteroatoms. The third-order valence-corrected chi connectivity index (χ3v) is 19.1. The Balaban J connectivity index is 1.04. The van der Waals surface area contributed by atoms with Crippen molar-refractivity contribution in [3.8, 4) is 0 Å². The van der Waals surface area contributed by atoms with E-state index in [4.69, 9.17) is 28.4 Å². The number of aliphatic hydroxyl groups excluding tert-OH is 10. The molecule has 8 aliphatic rings. The zero-order chi connectivity index (χ0) is 46.0. The van der Waals surface area contributed by atoms with E-state index in [1.165, 1.54) is 6.92 Å². The van der Waals surface area contributed by atoms with Gasteiger partial charge in [0.1, 0.15) is 61.0 Å². The second-order valence-corrected chi connectivity index (χ2v) is 23.1. The summed E-state index contributed by atoms with van der Waals surface area (Å²) in [5.74, 6) is 0.703. The van der Waals surface area contributed by atoms with E-state index >= 15 is 0 Å². The normalized spacial score (nSPS) is 56.9. The van der Waals surface area contributed by atoms with E-state index in [1.54, 1.807) is 5.57 Å². The Hall–Kier alpha value is -0.900. The van der Waals surface area contributed by atoms with Crippen molar-refractivity contribution in [2.45, 2.75) is 211 Å². The highest BCUT2D eigenvalue weighted by atomic mass is 16.8. The minimum absolute atomic E-state index is 0.0102. The van der Waals surface area contributed by atoms with E-state index in [-0.39, 0.29) is 52.3 Å². The number of aliphatic hydroxyl groups is 10. The molecule has 0 radical (unpaired) electrons. The fourth-order valence-corrected chi connectivity index (χ4v) is 14.8. The van der Waals surface area contributed by atoms with Crippen molar-refractivity contribution in [2.75, 3.05) is 19.8 Å². The average Bonchev–Trinajstić information content (AvgIpc) is 3.23. The Bertz CT molecular complexity index is 1680. The van der Waals surface area contributed by atoms with Crippen molar-refractivity contribution in [1.29, 1.82) is 0 Å². The molecule has 3 saturated heterocycles. The highest BCUT2D eigenvalue weighted by Gasteiger charge is 2.69. The zero-order valence-electron chi connectivity index (χ0n) is 38.5. The summed E-state index contributed by atoms with van der Waals surface area (Å²) >= 11 is 0. The predicted octanol–water partition coefficient (Wildman–Crippen LogP) is 1.25. The van der Waals surface area contributed by atoms with Gasteiger partial charge < -0.3 is 79.5 Å². The molecule has 3 heterocycles. The summed E-state index contributed by atoms with van der Waals surface area (Å²) in [5.41, 5.74) is 0.487. The second kappa shape index (κ2) is 17.0. The van der Waals surface area contributed by atoms with Crippen molar-refractivity contribution >= 4 is 0 Å². The lowest BCUT2D eigenvalue weighted by molar-refractivity contribution is -0.392. The largest absolute Gasteiger partial charge is 0.396 e. The van der Waals surface area contributed by atoms with Crippen LogP contribution >= 0.6 is 0 Å². The lowest BCUT2D eigenvalue weighted by atomic mass is 9.33. The Morgan fingerprint density at radius 2 is 1.33 bits per heavy atom. The molecule has 8 rings (SSSR count). The summed E-state index contributed by atoms with van der Waals surface area (Å²) in [6, 6.07) is 0. The maximum absolute atomic E-state index is 11.6. The van der Waals surface area contributed by atoms with Crippen LogP contribution in [0.25, 0.3) is 0 Å². The molecule has 16 nitrogen and oxygen atoms in total. The smallest absolute Gasteiger partial charge is 0.187 e. The topological polar surface area (TPSA) is 258 Å². The van der Waals surface area contributed by atoms with Crippen molar-refractivity contribution in [3.63, 3.8) is 0 Å². The van der Waals surface area contributed by atoms with Crippen LogP contribution < -0.4 is 0 Å². The third kappa shape index (κ3) is 7.55. The predicted molar refractivity (Wildman–Crippen MR) is 224 cm³/mol. The molecule has 4 saturated carbocycles. The summed E-state index contributed by atoms with van der Waals surface area (Å²) in [7, 11) is 0. The Labute approximate surface area is 371 Å². The van der Waals surface area contributed by atoms with E-state index in [0.717, 1.165) is 51.4 Å². The standard InChI is InChI=1S/C47H78O16/c1-22-31(52)34(55)36(57)39(59-22)62-38-35(56)33(54)26(19-48)60-41(38)63-37-32(53)25(50)20-58-40(37)61-30-12-13-44(5)27(45(30,6)21-49)11-14-47(8)28(44)10-9-23-24-17-42(2,3)18-29(51)43(24,4)15-16-46(23,47)7/h9,22,24-41,48-57H,10-21H2,1-8H3/t22-,24-,25-,26+,27+,28+,29+,30-,31-,32-,33-,34+,35-,36+,37+,38+,39-,40-,41-,43+,44-,45+,46+,47+/m0/s1. The fraction of sp³-hybridized carbons (Fsp3) is 0.957. The van der Waals surface area contributed by atoms with Crippen LogP contribution in [0.4, 0.5) is 0 Å². The monoisotopic (exact) mass is 899 g/mol. The summed E-state index contributed by atoms with van der Waals surface area (Å²) < 4.78 is 36.6. The lowest BCUT2D eigenvalue weighted by Crippen LogP contribution is -2.67. The molecule has 5 aliphatic carbocycles. The van der Waals surface area contributed by atoms with Gasteiger partial charge in [-0.25, -0.2) is 0 Å². The fourth-order valence-electron chi connectivity index (χ4n) is 14.8. The first-order valence-corrected chi connectivity index (χ1v) is 23.7. The maximum Gasteiger partial charge on any atom is 0.187 e. The van der Waals surface area contributed by atoms with Gasteiger partial charge in [0.05, 0.1) is 38.1 Å². The molecular formula is C47H78O16. The van der Waals surface area contributed by atoms with E-state index in [0.29, 0.717) is 18.3 Å². The number of hydrogen-bond acceptors (Lipinski definition) is 16. The van der Waals surface area contributed by atoms with Crippen LogP contribution in [0.2, 0.25) is 0 Å². The van der Waals surface area contributed by atoms with Crippen LogP contribution in [0.15, 0.2) is 11.6 Å². The Morgan fingerprint density at radius 3 is 2.02 bits per heavy atom. The highest BCUT2D eigenvalue weighted by molar-refractivity contribution is 5.34. The first kappa shape index (κ1) is 48.6.